The maximum atomic E-state index is 10.8. The molecule has 1 heterocycles. The summed E-state index contributed by atoms with van der Waals surface area (Å²) in [5, 5.41) is 13.4. The van der Waals surface area contributed by atoms with Crippen LogP contribution in [0.1, 0.15) is 41.6 Å². The van der Waals surface area contributed by atoms with E-state index in [-0.39, 0.29) is 24.5 Å². The Morgan fingerprint density at radius 2 is 1.67 bits per heavy atom. The van der Waals surface area contributed by atoms with Gasteiger partial charge in [-0.25, -0.2) is 4.79 Å². The molecule has 3 aromatic rings. The second-order valence-corrected chi connectivity index (χ2v) is 7.32. The summed E-state index contributed by atoms with van der Waals surface area (Å²) in [7, 11) is 0. The van der Waals surface area contributed by atoms with Gasteiger partial charge in [0.05, 0.1) is 11.6 Å². The third-order valence-electron chi connectivity index (χ3n) is 5.34. The van der Waals surface area contributed by atoms with E-state index in [1.807, 2.05) is 54.6 Å². The Balaban J connectivity index is 1.65. The SMILES string of the molecule is CC(C1=NOC(c2ccccc2)C1c1ccccc1)c1cccc(OCC(=O)O)c1. The highest BCUT2D eigenvalue weighted by Crippen LogP contribution is 2.43. The van der Waals surface area contributed by atoms with Crippen molar-refractivity contribution in [2.24, 2.45) is 5.16 Å². The predicted octanol–water partition coefficient (Wildman–Crippen LogP) is 5.16. The minimum atomic E-state index is -1.00. The average molecular weight is 401 g/mol. The van der Waals surface area contributed by atoms with Crippen LogP contribution in [0.4, 0.5) is 0 Å². The lowest BCUT2D eigenvalue weighted by molar-refractivity contribution is -0.139. The fourth-order valence-electron chi connectivity index (χ4n) is 3.83. The van der Waals surface area contributed by atoms with Crippen molar-refractivity contribution in [2.45, 2.75) is 24.9 Å². The van der Waals surface area contributed by atoms with Gasteiger partial charge in [-0.15, -0.1) is 0 Å². The Morgan fingerprint density at radius 3 is 2.33 bits per heavy atom. The maximum Gasteiger partial charge on any atom is 0.341 e. The van der Waals surface area contributed by atoms with Crippen LogP contribution >= 0.6 is 0 Å². The van der Waals surface area contributed by atoms with Gasteiger partial charge in [-0.05, 0) is 28.8 Å². The highest BCUT2D eigenvalue weighted by molar-refractivity contribution is 5.97. The molecule has 0 radical (unpaired) electrons. The van der Waals surface area contributed by atoms with Crippen molar-refractivity contribution in [2.75, 3.05) is 6.61 Å². The van der Waals surface area contributed by atoms with E-state index in [0.717, 1.165) is 22.4 Å². The summed E-state index contributed by atoms with van der Waals surface area (Å²) in [5.41, 5.74) is 4.16. The molecule has 0 saturated carbocycles. The third kappa shape index (κ3) is 4.20. The lowest BCUT2D eigenvalue weighted by Crippen LogP contribution is -2.20. The van der Waals surface area contributed by atoms with Gasteiger partial charge in [-0.1, -0.05) is 84.9 Å². The van der Waals surface area contributed by atoms with Crippen molar-refractivity contribution in [1.82, 2.24) is 0 Å². The first-order valence-corrected chi connectivity index (χ1v) is 9.91. The normalized spacial score (nSPS) is 18.9. The van der Waals surface area contributed by atoms with E-state index in [2.05, 4.69) is 36.3 Å². The van der Waals surface area contributed by atoms with Crippen LogP contribution in [0.5, 0.6) is 5.75 Å². The van der Waals surface area contributed by atoms with Crippen molar-refractivity contribution in [3.63, 3.8) is 0 Å². The van der Waals surface area contributed by atoms with Crippen molar-refractivity contribution in [3.05, 3.63) is 102 Å². The number of rotatable bonds is 7. The van der Waals surface area contributed by atoms with Crippen LogP contribution in [-0.2, 0) is 9.63 Å². The zero-order valence-electron chi connectivity index (χ0n) is 16.6. The summed E-state index contributed by atoms with van der Waals surface area (Å²) in [5.74, 6) is -0.529. The Hall–Kier alpha value is -3.60. The van der Waals surface area contributed by atoms with Gasteiger partial charge >= 0.3 is 5.97 Å². The van der Waals surface area contributed by atoms with E-state index < -0.39 is 5.97 Å². The van der Waals surface area contributed by atoms with Gasteiger partial charge in [0, 0.05) is 5.92 Å². The van der Waals surface area contributed by atoms with Gasteiger partial charge in [0.1, 0.15) is 5.75 Å². The Bertz CT molecular complexity index is 1030. The quantitative estimate of drug-likeness (QED) is 0.593. The molecule has 1 N–H and O–H groups in total. The van der Waals surface area contributed by atoms with E-state index >= 15 is 0 Å². The molecule has 0 spiro atoms. The third-order valence-corrected chi connectivity index (χ3v) is 5.34. The lowest BCUT2D eigenvalue weighted by Gasteiger charge is -2.23. The molecule has 5 nitrogen and oxygen atoms in total. The van der Waals surface area contributed by atoms with E-state index in [0.29, 0.717) is 5.75 Å². The lowest BCUT2D eigenvalue weighted by atomic mass is 9.79. The molecule has 0 saturated heterocycles. The number of carboxylic acids is 1. The van der Waals surface area contributed by atoms with Crippen LogP contribution in [0.25, 0.3) is 0 Å². The van der Waals surface area contributed by atoms with E-state index in [4.69, 9.17) is 14.7 Å². The van der Waals surface area contributed by atoms with Crippen molar-refractivity contribution >= 4 is 11.7 Å². The predicted molar refractivity (Wildman–Crippen MR) is 115 cm³/mol. The van der Waals surface area contributed by atoms with Crippen LogP contribution in [0, 0.1) is 0 Å². The summed E-state index contributed by atoms with van der Waals surface area (Å²) < 4.78 is 5.35. The average Bonchev–Trinajstić information content (AvgIpc) is 3.24. The minimum Gasteiger partial charge on any atom is -0.482 e. The van der Waals surface area contributed by atoms with Crippen molar-refractivity contribution in [3.8, 4) is 5.75 Å². The van der Waals surface area contributed by atoms with E-state index in [1.165, 1.54) is 0 Å². The second-order valence-electron chi connectivity index (χ2n) is 7.32. The van der Waals surface area contributed by atoms with Crippen LogP contribution in [0.3, 0.4) is 0 Å². The molecule has 5 heteroatoms. The smallest absolute Gasteiger partial charge is 0.341 e. The molecule has 0 aromatic heterocycles. The van der Waals surface area contributed by atoms with Crippen molar-refractivity contribution < 1.29 is 19.5 Å². The van der Waals surface area contributed by atoms with Gasteiger partial charge in [0.15, 0.2) is 12.7 Å². The molecule has 0 fully saturated rings. The van der Waals surface area contributed by atoms with Gasteiger partial charge in [0.25, 0.3) is 0 Å². The summed E-state index contributed by atoms with van der Waals surface area (Å²) in [4.78, 5) is 16.8. The topological polar surface area (TPSA) is 68.1 Å². The zero-order chi connectivity index (χ0) is 20.9. The largest absolute Gasteiger partial charge is 0.482 e. The fourth-order valence-corrected chi connectivity index (χ4v) is 3.83. The first-order chi connectivity index (χ1) is 14.6. The number of carbonyl (C=O) groups is 1. The van der Waals surface area contributed by atoms with E-state index in [1.54, 1.807) is 6.07 Å². The maximum absolute atomic E-state index is 10.8. The fraction of sp³-hybridized carbons (Fsp3) is 0.200. The van der Waals surface area contributed by atoms with E-state index in [9.17, 15) is 4.79 Å². The molecule has 0 amide bonds. The van der Waals surface area contributed by atoms with Gasteiger partial charge in [-0.3, -0.25) is 0 Å². The number of ether oxygens (including phenoxy) is 1. The highest BCUT2D eigenvalue weighted by Gasteiger charge is 2.39. The molecule has 3 aromatic carbocycles. The minimum absolute atomic E-state index is 0.0211. The zero-order valence-corrected chi connectivity index (χ0v) is 16.6. The number of aliphatic carboxylic acids is 1. The van der Waals surface area contributed by atoms with Gasteiger partial charge in [0.2, 0.25) is 0 Å². The summed E-state index contributed by atoms with van der Waals surface area (Å²) in [6.45, 7) is 1.71. The van der Waals surface area contributed by atoms with Crippen LogP contribution in [0.15, 0.2) is 90.1 Å². The molecular formula is C25H23NO4. The number of nitrogens with zero attached hydrogens (tertiary/aromatic N) is 1. The molecule has 1 aliphatic rings. The first-order valence-electron chi connectivity index (χ1n) is 9.91. The number of oxime groups is 1. The molecule has 1 aliphatic heterocycles. The molecule has 0 bridgehead atoms. The summed E-state index contributed by atoms with van der Waals surface area (Å²) >= 11 is 0. The number of carboxylic acid groups (broad SMARTS) is 1. The first kappa shape index (κ1) is 19.7. The van der Waals surface area contributed by atoms with Crippen LogP contribution in [-0.4, -0.2) is 23.4 Å². The molecule has 3 atom stereocenters. The summed E-state index contributed by atoms with van der Waals surface area (Å²) in [6.07, 6.45) is -0.197. The molecule has 152 valence electrons. The molecule has 4 rings (SSSR count). The Labute approximate surface area is 175 Å². The highest BCUT2D eigenvalue weighted by atomic mass is 16.6. The van der Waals surface area contributed by atoms with Gasteiger partial charge < -0.3 is 14.7 Å². The molecule has 30 heavy (non-hydrogen) atoms. The molecule has 0 aliphatic carbocycles. The van der Waals surface area contributed by atoms with Crippen molar-refractivity contribution in [1.29, 1.82) is 0 Å². The number of benzene rings is 3. The Kier molecular flexibility index (Phi) is 5.80. The number of hydrogen-bond acceptors (Lipinski definition) is 4. The summed E-state index contributed by atoms with van der Waals surface area (Å²) in [6, 6.07) is 27.9. The molecule has 3 unspecified atom stereocenters. The second kappa shape index (κ2) is 8.82. The van der Waals surface area contributed by atoms with Crippen LogP contribution < -0.4 is 4.74 Å². The monoisotopic (exact) mass is 401 g/mol. The van der Waals surface area contributed by atoms with Gasteiger partial charge in [-0.2, -0.15) is 0 Å². The number of hydrogen-bond donors (Lipinski definition) is 1. The standard InChI is InChI=1S/C25H23NO4/c1-17(20-13-8-14-21(15-20)29-16-22(27)28)24-23(18-9-4-2-5-10-18)25(30-26-24)19-11-6-3-7-12-19/h2-15,17,23,25H,16H2,1H3,(H,27,28). The molecular weight excluding hydrogens is 378 g/mol. The van der Waals surface area contributed by atoms with Crippen LogP contribution in [0.2, 0.25) is 0 Å². The Morgan fingerprint density at radius 1 is 1.00 bits per heavy atom.